The van der Waals surface area contributed by atoms with Gasteiger partial charge >= 0.3 is 0 Å². The summed E-state index contributed by atoms with van der Waals surface area (Å²) in [6, 6.07) is 0. The van der Waals surface area contributed by atoms with Crippen LogP contribution in [0.5, 0.6) is 0 Å². The summed E-state index contributed by atoms with van der Waals surface area (Å²) in [6.07, 6.45) is 8.94. The summed E-state index contributed by atoms with van der Waals surface area (Å²) in [7, 11) is 0. The molecule has 0 aliphatic heterocycles. The van der Waals surface area contributed by atoms with Gasteiger partial charge in [-0.15, -0.1) is 0 Å². The molecular formula is C22H30O3. The summed E-state index contributed by atoms with van der Waals surface area (Å²) in [4.78, 5) is 24.2. The van der Waals surface area contributed by atoms with E-state index in [2.05, 4.69) is 26.8 Å². The maximum atomic E-state index is 12.2. The molecule has 0 unspecified atom stereocenters. The SMILES string of the molecule is CC(=O)[C@H]1CC[C@H]2[C@@H]3C[C@H](C)C4=CC(=O)C=C[C@]4(C)[C@H]3[C@H](O)C[C@]12C. The van der Waals surface area contributed by atoms with E-state index in [1.165, 1.54) is 5.57 Å². The molecule has 0 aromatic heterocycles. The van der Waals surface area contributed by atoms with E-state index in [1.807, 2.05) is 6.08 Å². The Kier molecular flexibility index (Phi) is 3.71. The minimum absolute atomic E-state index is 0.0715. The van der Waals surface area contributed by atoms with Gasteiger partial charge in [0.05, 0.1) is 6.10 Å². The fourth-order valence-electron chi connectivity index (χ4n) is 7.42. The molecule has 8 atom stereocenters. The monoisotopic (exact) mass is 342 g/mol. The predicted octanol–water partition coefficient (Wildman–Crippen LogP) is 3.72. The van der Waals surface area contributed by atoms with E-state index in [-0.39, 0.29) is 34.2 Å². The van der Waals surface area contributed by atoms with E-state index < -0.39 is 6.10 Å². The Morgan fingerprint density at radius 3 is 2.68 bits per heavy atom. The van der Waals surface area contributed by atoms with Crippen LogP contribution in [0.15, 0.2) is 23.8 Å². The molecule has 3 nitrogen and oxygen atoms in total. The first-order valence-corrected chi connectivity index (χ1v) is 9.82. The van der Waals surface area contributed by atoms with Gasteiger partial charge in [-0.05, 0) is 67.9 Å². The molecule has 3 heteroatoms. The van der Waals surface area contributed by atoms with Gasteiger partial charge in [0.1, 0.15) is 5.78 Å². The number of carbonyl (C=O) groups excluding carboxylic acids is 2. The van der Waals surface area contributed by atoms with Crippen LogP contribution in [0.1, 0.15) is 53.4 Å². The summed E-state index contributed by atoms with van der Waals surface area (Å²) in [5.41, 5.74) is 0.897. The van der Waals surface area contributed by atoms with Crippen LogP contribution in [0.3, 0.4) is 0 Å². The molecule has 25 heavy (non-hydrogen) atoms. The van der Waals surface area contributed by atoms with Gasteiger partial charge in [-0.3, -0.25) is 9.59 Å². The molecule has 0 bridgehead atoms. The normalized spacial score (nSPS) is 51.4. The predicted molar refractivity (Wildman–Crippen MR) is 96.7 cm³/mol. The van der Waals surface area contributed by atoms with Crippen molar-refractivity contribution in [3.8, 4) is 0 Å². The molecule has 0 aromatic rings. The minimum atomic E-state index is -0.412. The van der Waals surface area contributed by atoms with Crippen LogP contribution in [0.25, 0.3) is 0 Å². The standard InChI is InChI=1S/C22H30O3/c1-12-9-15-17-6-5-16(13(2)23)22(17,4)11-19(25)20(15)21(3)8-7-14(24)10-18(12)21/h7-8,10,12,15-17,19-20,25H,5-6,9,11H2,1-4H3/t12-,15-,16+,17-,19+,20+,21-,22+/m0/s1. The summed E-state index contributed by atoms with van der Waals surface area (Å²) >= 11 is 0. The Morgan fingerprint density at radius 1 is 1.28 bits per heavy atom. The highest BCUT2D eigenvalue weighted by atomic mass is 16.3. The molecule has 4 aliphatic rings. The first kappa shape index (κ1) is 17.2. The zero-order valence-electron chi connectivity index (χ0n) is 15.8. The van der Waals surface area contributed by atoms with Crippen LogP contribution >= 0.6 is 0 Å². The second kappa shape index (κ2) is 5.39. The zero-order valence-corrected chi connectivity index (χ0v) is 15.8. The number of carbonyl (C=O) groups is 2. The number of rotatable bonds is 1. The third-order valence-electron chi connectivity index (χ3n) is 8.30. The van der Waals surface area contributed by atoms with Crippen LogP contribution in [0.2, 0.25) is 0 Å². The average molecular weight is 342 g/mol. The van der Waals surface area contributed by atoms with Crippen LogP contribution in [-0.4, -0.2) is 22.8 Å². The van der Waals surface area contributed by atoms with Crippen molar-refractivity contribution in [1.82, 2.24) is 0 Å². The van der Waals surface area contributed by atoms with E-state index in [4.69, 9.17) is 0 Å². The van der Waals surface area contributed by atoms with Crippen molar-refractivity contribution < 1.29 is 14.7 Å². The molecule has 0 radical (unpaired) electrons. The molecule has 0 aromatic carbocycles. The number of allylic oxidation sites excluding steroid dienone is 4. The fourth-order valence-corrected chi connectivity index (χ4v) is 7.42. The van der Waals surface area contributed by atoms with Gasteiger partial charge in [0.2, 0.25) is 0 Å². The number of Topliss-reactive ketones (excluding diaryl/α,β-unsaturated/α-hetero) is 1. The molecule has 4 aliphatic carbocycles. The molecule has 0 saturated heterocycles. The number of aliphatic hydroxyl groups is 1. The van der Waals surface area contributed by atoms with Crippen molar-refractivity contribution in [2.24, 2.45) is 40.4 Å². The number of hydrogen-bond acceptors (Lipinski definition) is 3. The molecule has 0 spiro atoms. The Bertz CT molecular complexity index is 689. The van der Waals surface area contributed by atoms with E-state index in [0.29, 0.717) is 24.2 Å². The average Bonchev–Trinajstić information content (AvgIpc) is 2.85. The lowest BCUT2D eigenvalue weighted by atomic mass is 9.45. The molecular weight excluding hydrogens is 312 g/mol. The lowest BCUT2D eigenvalue weighted by Crippen LogP contribution is -2.57. The number of fused-ring (bicyclic) bond motifs is 5. The molecule has 1 N–H and O–H groups in total. The van der Waals surface area contributed by atoms with Gasteiger partial charge in [-0.2, -0.15) is 0 Å². The first-order chi connectivity index (χ1) is 11.7. The molecule has 136 valence electrons. The number of hydrogen-bond donors (Lipinski definition) is 1. The molecule has 4 rings (SSSR count). The van der Waals surface area contributed by atoms with Crippen LogP contribution < -0.4 is 0 Å². The summed E-state index contributed by atoms with van der Waals surface area (Å²) in [6.45, 7) is 8.40. The Morgan fingerprint density at radius 2 is 2.00 bits per heavy atom. The lowest BCUT2D eigenvalue weighted by molar-refractivity contribution is -0.139. The highest BCUT2D eigenvalue weighted by molar-refractivity contribution is 6.01. The van der Waals surface area contributed by atoms with Crippen LogP contribution in [-0.2, 0) is 9.59 Å². The highest BCUT2D eigenvalue weighted by Crippen LogP contribution is 2.66. The molecule has 3 saturated carbocycles. The van der Waals surface area contributed by atoms with E-state index in [9.17, 15) is 14.7 Å². The Labute approximate surface area is 150 Å². The van der Waals surface area contributed by atoms with Gasteiger partial charge in [-0.1, -0.05) is 32.4 Å². The van der Waals surface area contributed by atoms with Crippen molar-refractivity contribution >= 4 is 11.6 Å². The lowest BCUT2D eigenvalue weighted by Gasteiger charge is -2.60. The van der Waals surface area contributed by atoms with Crippen molar-refractivity contribution in [3.63, 3.8) is 0 Å². The van der Waals surface area contributed by atoms with Crippen LogP contribution in [0.4, 0.5) is 0 Å². The maximum Gasteiger partial charge on any atom is 0.178 e. The van der Waals surface area contributed by atoms with Crippen molar-refractivity contribution in [2.45, 2.75) is 59.5 Å². The van der Waals surface area contributed by atoms with Gasteiger partial charge in [0.25, 0.3) is 0 Å². The Balaban J connectivity index is 1.77. The van der Waals surface area contributed by atoms with Crippen molar-refractivity contribution in [1.29, 1.82) is 0 Å². The second-order valence-electron chi connectivity index (χ2n) is 9.57. The quantitative estimate of drug-likeness (QED) is 0.790. The maximum absolute atomic E-state index is 12.2. The number of ketones is 2. The van der Waals surface area contributed by atoms with Crippen molar-refractivity contribution in [3.05, 3.63) is 23.8 Å². The van der Waals surface area contributed by atoms with Gasteiger partial charge in [-0.25, -0.2) is 0 Å². The molecule has 0 amide bonds. The minimum Gasteiger partial charge on any atom is -0.393 e. The van der Waals surface area contributed by atoms with Crippen molar-refractivity contribution in [2.75, 3.05) is 0 Å². The number of aliphatic hydroxyl groups excluding tert-OH is 1. The molecule has 3 fully saturated rings. The zero-order chi connectivity index (χ0) is 18.1. The third-order valence-corrected chi connectivity index (χ3v) is 8.30. The topological polar surface area (TPSA) is 54.4 Å². The fraction of sp³-hybridized carbons (Fsp3) is 0.727. The first-order valence-electron chi connectivity index (χ1n) is 9.82. The third kappa shape index (κ3) is 2.21. The summed E-state index contributed by atoms with van der Waals surface area (Å²) < 4.78 is 0. The largest absolute Gasteiger partial charge is 0.393 e. The highest BCUT2D eigenvalue weighted by Gasteiger charge is 2.63. The van der Waals surface area contributed by atoms with Crippen LogP contribution in [0, 0.1) is 40.4 Å². The smallest absolute Gasteiger partial charge is 0.178 e. The summed E-state index contributed by atoms with van der Waals surface area (Å²) in [5.74, 6) is 1.89. The second-order valence-corrected chi connectivity index (χ2v) is 9.57. The van der Waals surface area contributed by atoms with E-state index in [0.717, 1.165) is 19.3 Å². The van der Waals surface area contributed by atoms with E-state index >= 15 is 0 Å². The van der Waals surface area contributed by atoms with E-state index in [1.54, 1.807) is 13.0 Å². The van der Waals surface area contributed by atoms with Gasteiger partial charge < -0.3 is 5.11 Å². The van der Waals surface area contributed by atoms with Gasteiger partial charge in [0.15, 0.2) is 5.78 Å². The summed E-state index contributed by atoms with van der Waals surface area (Å²) in [5, 5.41) is 11.2. The Hall–Kier alpha value is -1.22. The molecule has 0 heterocycles. The van der Waals surface area contributed by atoms with Gasteiger partial charge in [0, 0.05) is 17.3 Å².